The van der Waals surface area contributed by atoms with Gasteiger partial charge in [0.25, 0.3) is 0 Å². The van der Waals surface area contributed by atoms with E-state index < -0.39 is 11.5 Å². The number of aromatic hydroxyl groups is 1. The maximum atomic E-state index is 15.0. The van der Waals surface area contributed by atoms with Crippen LogP contribution in [0, 0.1) is 5.82 Å². The number of piperazine rings is 1. The summed E-state index contributed by atoms with van der Waals surface area (Å²) in [4.78, 5) is 27.7. The SMILES string of the molecule is C=CCOCN1C[C@@H]2C[C@H]1CN2c1nc(=O)n(-c2ccccc2C(C)C)c2nc(-c3c(O)cccc3F)c(Cl)cc12. The fourth-order valence-corrected chi connectivity index (χ4v) is 6.31. The van der Waals surface area contributed by atoms with Crippen molar-refractivity contribution in [3.8, 4) is 22.7 Å². The van der Waals surface area contributed by atoms with Crippen LogP contribution >= 0.6 is 11.6 Å². The molecule has 6 rings (SSSR count). The first-order chi connectivity index (χ1) is 19.8. The lowest BCUT2D eigenvalue weighted by atomic mass is 10.0. The van der Waals surface area contributed by atoms with Gasteiger partial charge in [0.15, 0.2) is 5.65 Å². The number of fused-ring (bicyclic) bond motifs is 3. The third kappa shape index (κ3) is 4.77. The van der Waals surface area contributed by atoms with Gasteiger partial charge in [-0.15, -0.1) is 6.58 Å². The second-order valence-electron chi connectivity index (χ2n) is 10.8. The summed E-state index contributed by atoms with van der Waals surface area (Å²) in [7, 11) is 0. The molecule has 2 bridgehead atoms. The number of ether oxygens (including phenoxy) is 1. The summed E-state index contributed by atoms with van der Waals surface area (Å²) in [6, 6.07) is 13.7. The van der Waals surface area contributed by atoms with Crippen LogP contribution in [-0.4, -0.2) is 63.1 Å². The predicted molar refractivity (Wildman–Crippen MR) is 159 cm³/mol. The van der Waals surface area contributed by atoms with E-state index >= 15 is 0 Å². The van der Waals surface area contributed by atoms with Crippen LogP contribution in [-0.2, 0) is 4.74 Å². The summed E-state index contributed by atoms with van der Waals surface area (Å²) in [6.45, 7) is 10.3. The molecule has 0 radical (unpaired) electrons. The molecule has 2 aliphatic heterocycles. The average Bonchev–Trinajstić information content (AvgIpc) is 3.54. The molecule has 41 heavy (non-hydrogen) atoms. The van der Waals surface area contributed by atoms with Crippen LogP contribution < -0.4 is 10.6 Å². The van der Waals surface area contributed by atoms with E-state index in [0.29, 0.717) is 42.4 Å². The molecule has 2 aromatic carbocycles. The van der Waals surface area contributed by atoms with Gasteiger partial charge < -0.3 is 14.7 Å². The minimum atomic E-state index is -0.667. The normalized spacial score (nSPS) is 18.6. The Bertz CT molecular complexity index is 1690. The molecule has 0 unspecified atom stereocenters. The first kappa shape index (κ1) is 27.4. The predicted octanol–water partition coefficient (Wildman–Crippen LogP) is 5.49. The lowest BCUT2D eigenvalue weighted by molar-refractivity contribution is 0.0326. The lowest BCUT2D eigenvalue weighted by Crippen LogP contribution is -2.48. The highest BCUT2D eigenvalue weighted by molar-refractivity contribution is 6.34. The largest absolute Gasteiger partial charge is 0.507 e. The van der Waals surface area contributed by atoms with Crippen molar-refractivity contribution >= 4 is 28.5 Å². The van der Waals surface area contributed by atoms with Gasteiger partial charge in [-0.3, -0.25) is 4.90 Å². The first-order valence-corrected chi connectivity index (χ1v) is 14.1. The number of para-hydroxylation sites is 1. The fraction of sp³-hybridized carbons (Fsp3) is 0.323. The van der Waals surface area contributed by atoms with Gasteiger partial charge in [0, 0.05) is 25.2 Å². The van der Waals surface area contributed by atoms with Crippen molar-refractivity contribution in [1.29, 1.82) is 0 Å². The molecule has 4 aromatic rings. The van der Waals surface area contributed by atoms with Gasteiger partial charge in [0.2, 0.25) is 0 Å². The summed E-state index contributed by atoms with van der Waals surface area (Å²) in [6.07, 6.45) is 2.65. The van der Waals surface area contributed by atoms with Crippen molar-refractivity contribution in [2.24, 2.45) is 0 Å². The van der Waals surface area contributed by atoms with E-state index in [2.05, 4.69) is 21.4 Å². The second-order valence-corrected chi connectivity index (χ2v) is 11.3. The highest BCUT2D eigenvalue weighted by Crippen LogP contribution is 2.41. The molecule has 8 nitrogen and oxygen atoms in total. The Labute approximate surface area is 242 Å². The maximum absolute atomic E-state index is 15.0. The Hall–Kier alpha value is -3.79. The number of hydrogen-bond donors (Lipinski definition) is 1. The van der Waals surface area contributed by atoms with Gasteiger partial charge in [-0.25, -0.2) is 18.7 Å². The van der Waals surface area contributed by atoms with E-state index in [1.54, 1.807) is 12.1 Å². The number of halogens is 2. The Morgan fingerprint density at radius 3 is 2.68 bits per heavy atom. The van der Waals surface area contributed by atoms with Crippen molar-refractivity contribution in [3.05, 3.63) is 88.1 Å². The van der Waals surface area contributed by atoms with Gasteiger partial charge in [0.1, 0.15) is 17.4 Å². The number of likely N-dealkylation sites (tertiary alicyclic amines) is 1. The summed E-state index contributed by atoms with van der Waals surface area (Å²) in [5, 5.41) is 11.3. The molecule has 2 fully saturated rings. The summed E-state index contributed by atoms with van der Waals surface area (Å²) in [5.74, 6) is -0.347. The number of benzene rings is 2. The van der Waals surface area contributed by atoms with E-state index in [9.17, 15) is 14.3 Å². The van der Waals surface area contributed by atoms with Gasteiger partial charge in [-0.1, -0.05) is 55.8 Å². The molecule has 0 aliphatic carbocycles. The average molecular weight is 576 g/mol. The second kappa shape index (κ2) is 10.9. The zero-order valence-electron chi connectivity index (χ0n) is 22.9. The molecule has 1 N–H and O–H groups in total. The molecule has 212 valence electrons. The molecule has 2 aliphatic rings. The minimum absolute atomic E-state index is 0.0515. The maximum Gasteiger partial charge on any atom is 0.355 e. The van der Waals surface area contributed by atoms with Crippen molar-refractivity contribution in [2.45, 2.75) is 38.3 Å². The molecule has 0 amide bonds. The van der Waals surface area contributed by atoms with E-state index in [1.807, 2.05) is 38.1 Å². The van der Waals surface area contributed by atoms with Crippen LogP contribution in [0.5, 0.6) is 5.75 Å². The van der Waals surface area contributed by atoms with Gasteiger partial charge in [-0.2, -0.15) is 4.98 Å². The van der Waals surface area contributed by atoms with E-state index in [1.165, 1.54) is 22.8 Å². The number of hydrogen-bond acceptors (Lipinski definition) is 7. The van der Waals surface area contributed by atoms with Crippen molar-refractivity contribution < 1.29 is 14.2 Å². The molecule has 0 saturated carbocycles. The highest BCUT2D eigenvalue weighted by atomic mass is 35.5. The summed E-state index contributed by atoms with van der Waals surface area (Å²) >= 11 is 6.75. The van der Waals surface area contributed by atoms with Crippen LogP contribution in [0.15, 0.2) is 66.0 Å². The van der Waals surface area contributed by atoms with Crippen LogP contribution in [0.4, 0.5) is 10.2 Å². The Morgan fingerprint density at radius 1 is 1.17 bits per heavy atom. The third-order valence-corrected chi connectivity index (χ3v) is 8.24. The molecule has 2 saturated heterocycles. The van der Waals surface area contributed by atoms with Crippen LogP contribution in [0.2, 0.25) is 5.02 Å². The Balaban J connectivity index is 1.55. The standard InChI is InChI=1S/C31H31ClFN5O3/c1-4-12-41-17-36-15-20-13-19(36)16-37(20)29-22-14-23(32)28(27-24(33)9-7-11-26(27)39)34-30(22)38(31(40)35-29)25-10-6-5-8-21(25)18(2)3/h4-11,14,18-20,39H,1,12-13,15-17H2,2-3H3/t19-,20-/m0/s1. The molecular weight excluding hydrogens is 545 g/mol. The van der Waals surface area contributed by atoms with Gasteiger partial charge >= 0.3 is 5.69 Å². The Morgan fingerprint density at radius 2 is 1.98 bits per heavy atom. The van der Waals surface area contributed by atoms with E-state index in [-0.39, 0.29) is 40.0 Å². The van der Waals surface area contributed by atoms with Crippen molar-refractivity contribution in [3.63, 3.8) is 0 Å². The molecule has 0 spiro atoms. The first-order valence-electron chi connectivity index (χ1n) is 13.7. The van der Waals surface area contributed by atoms with Crippen molar-refractivity contribution in [2.75, 3.05) is 31.3 Å². The van der Waals surface area contributed by atoms with Crippen LogP contribution in [0.25, 0.3) is 28.0 Å². The topological polar surface area (TPSA) is 83.7 Å². The van der Waals surface area contributed by atoms with Crippen molar-refractivity contribution in [1.82, 2.24) is 19.4 Å². The quantitative estimate of drug-likeness (QED) is 0.220. The molecule has 2 aromatic heterocycles. The molecule has 2 atom stereocenters. The number of anilines is 1. The van der Waals surface area contributed by atoms with Gasteiger partial charge in [0.05, 0.1) is 40.7 Å². The number of rotatable bonds is 8. The smallest absolute Gasteiger partial charge is 0.355 e. The number of phenols is 1. The van der Waals surface area contributed by atoms with E-state index in [4.69, 9.17) is 21.3 Å². The lowest BCUT2D eigenvalue weighted by Gasteiger charge is -2.35. The van der Waals surface area contributed by atoms with Crippen LogP contribution in [0.3, 0.4) is 0 Å². The summed E-state index contributed by atoms with van der Waals surface area (Å²) in [5.41, 5.74) is 1.31. The number of aromatic nitrogens is 3. The van der Waals surface area contributed by atoms with E-state index in [0.717, 1.165) is 18.5 Å². The zero-order chi connectivity index (χ0) is 28.8. The number of phenolic OH excluding ortho intramolecular Hbond substituents is 1. The third-order valence-electron chi connectivity index (χ3n) is 7.95. The highest BCUT2D eigenvalue weighted by Gasteiger charge is 2.44. The molecular formula is C31H31ClFN5O3. The monoisotopic (exact) mass is 575 g/mol. The van der Waals surface area contributed by atoms with Gasteiger partial charge in [-0.05, 0) is 42.2 Å². The Kier molecular flexibility index (Phi) is 7.27. The number of pyridine rings is 1. The zero-order valence-corrected chi connectivity index (χ0v) is 23.7. The number of nitrogens with zero attached hydrogens (tertiary/aromatic N) is 5. The minimum Gasteiger partial charge on any atom is -0.507 e. The van der Waals surface area contributed by atoms with Crippen LogP contribution in [0.1, 0.15) is 31.7 Å². The fourth-order valence-electron chi connectivity index (χ4n) is 6.06. The summed E-state index contributed by atoms with van der Waals surface area (Å²) < 4.78 is 22.1. The molecule has 10 heteroatoms. The molecule has 4 heterocycles.